The lowest BCUT2D eigenvalue weighted by molar-refractivity contribution is -0.147. The van der Waals surface area contributed by atoms with Crippen molar-refractivity contribution in [3.8, 4) is 16.9 Å². The zero-order valence-corrected chi connectivity index (χ0v) is 18.5. The third-order valence-corrected chi connectivity index (χ3v) is 5.94. The van der Waals surface area contributed by atoms with Gasteiger partial charge in [-0.1, -0.05) is 25.5 Å². The Bertz CT molecular complexity index is 1110. The number of halogens is 6. The van der Waals surface area contributed by atoms with Crippen LogP contribution in [0.2, 0.25) is 0 Å². The normalized spacial score (nSPS) is 14.5. The Morgan fingerprint density at radius 1 is 0.909 bits per heavy atom. The molecule has 0 N–H and O–H groups in total. The quantitative estimate of drug-likeness (QED) is 0.208. The molecule has 0 aliphatic heterocycles. The lowest BCUT2D eigenvalue weighted by Crippen LogP contribution is -2.34. The van der Waals surface area contributed by atoms with E-state index in [9.17, 15) is 39.6 Å². The van der Waals surface area contributed by atoms with Gasteiger partial charge in [0.25, 0.3) is 0 Å². The van der Waals surface area contributed by atoms with Crippen molar-refractivity contribution in [1.82, 2.24) is 0 Å². The van der Waals surface area contributed by atoms with Crippen LogP contribution in [0.25, 0.3) is 11.1 Å². The van der Waals surface area contributed by atoms with Gasteiger partial charge >= 0.3 is 27.8 Å². The summed E-state index contributed by atoms with van der Waals surface area (Å²) in [6.07, 6.45) is -3.98. The molecule has 12 heteroatoms. The Morgan fingerprint density at radius 3 is 1.94 bits per heavy atom. The molecule has 0 bridgehead atoms. The fraction of sp³-hybridized carbons (Fsp3) is 0.381. The van der Waals surface area contributed by atoms with E-state index in [0.717, 1.165) is 43.5 Å². The second kappa shape index (κ2) is 9.24. The summed E-state index contributed by atoms with van der Waals surface area (Å²) in [4.78, 5) is 12.5. The number of hydrogen-bond acceptors (Lipinski definition) is 5. The number of alkyl halides is 6. The number of hydrogen-bond donors (Lipinski definition) is 0. The van der Waals surface area contributed by atoms with Crippen LogP contribution >= 0.6 is 0 Å². The second-order valence-corrected chi connectivity index (χ2v) is 8.92. The van der Waals surface area contributed by atoms with E-state index in [1.165, 1.54) is 13.0 Å². The lowest BCUT2D eigenvalue weighted by Gasteiger charge is -2.28. The molecule has 0 amide bonds. The number of benzene rings is 2. The maximum Gasteiger partial charge on any atom is 0.534 e. The van der Waals surface area contributed by atoms with Gasteiger partial charge in [-0.2, -0.15) is 34.8 Å². The van der Waals surface area contributed by atoms with Crippen LogP contribution in [-0.2, 0) is 31.2 Å². The number of esters is 1. The van der Waals surface area contributed by atoms with Gasteiger partial charge in [-0.25, -0.2) is 0 Å². The predicted octanol–water partition coefficient (Wildman–Crippen LogP) is 5.83. The zero-order chi connectivity index (χ0) is 25.2. The highest BCUT2D eigenvalue weighted by Crippen LogP contribution is 2.38. The van der Waals surface area contributed by atoms with Crippen molar-refractivity contribution in [1.29, 1.82) is 0 Å². The molecule has 0 saturated heterocycles. The van der Waals surface area contributed by atoms with Crippen LogP contribution in [0, 0.1) is 0 Å². The first kappa shape index (κ1) is 26.5. The van der Waals surface area contributed by atoms with Crippen molar-refractivity contribution in [2.24, 2.45) is 0 Å². The Labute approximate surface area is 186 Å². The van der Waals surface area contributed by atoms with E-state index >= 15 is 0 Å². The van der Waals surface area contributed by atoms with Crippen LogP contribution in [0.1, 0.15) is 37.8 Å². The summed E-state index contributed by atoms with van der Waals surface area (Å²) < 4.78 is 109. The van der Waals surface area contributed by atoms with Crippen LogP contribution < -0.4 is 4.18 Å². The minimum absolute atomic E-state index is 0.0415. The molecule has 0 spiro atoms. The molecular weight excluding hydrogens is 478 g/mol. The maximum absolute atomic E-state index is 12.9. The van der Waals surface area contributed by atoms with Gasteiger partial charge in [-0.15, -0.1) is 0 Å². The van der Waals surface area contributed by atoms with Crippen molar-refractivity contribution in [3.05, 3.63) is 53.6 Å². The fourth-order valence-electron chi connectivity index (χ4n) is 3.25. The van der Waals surface area contributed by atoms with Crippen molar-refractivity contribution in [2.75, 3.05) is 7.11 Å². The van der Waals surface area contributed by atoms with Crippen molar-refractivity contribution in [2.45, 2.75) is 43.8 Å². The molecule has 0 heterocycles. The number of methoxy groups -OCH3 is 1. The molecule has 33 heavy (non-hydrogen) atoms. The van der Waals surface area contributed by atoms with E-state index in [4.69, 9.17) is 4.74 Å². The summed E-state index contributed by atoms with van der Waals surface area (Å²) in [7, 11) is -4.93. The second-order valence-electron chi connectivity index (χ2n) is 7.38. The van der Waals surface area contributed by atoms with Crippen molar-refractivity contribution in [3.63, 3.8) is 0 Å². The average Bonchev–Trinajstić information content (AvgIpc) is 2.71. The summed E-state index contributed by atoms with van der Waals surface area (Å²) >= 11 is 0. The topological polar surface area (TPSA) is 69.7 Å². The summed E-state index contributed by atoms with van der Waals surface area (Å²) in [5.74, 6) is -1.50. The molecule has 2 aromatic carbocycles. The monoisotopic (exact) mass is 498 g/mol. The molecular formula is C21H20F6O5S. The van der Waals surface area contributed by atoms with Crippen molar-refractivity contribution >= 4 is 16.1 Å². The maximum atomic E-state index is 12.9. The standard InChI is InChI=1S/C21H20F6O5S/c1-4-9-19(2,18(28)31-3)16-10-14(13-5-7-15(8-6-13)20(22,23)24)11-17(12-16)32-33(29,30)21(25,26)27/h5-8,10-12H,4,9H2,1-3H3. The first-order valence-corrected chi connectivity index (χ1v) is 10.9. The number of carbonyl (C=O) groups is 1. The van der Waals surface area contributed by atoms with Gasteiger partial charge in [0.1, 0.15) is 5.75 Å². The van der Waals surface area contributed by atoms with Gasteiger partial charge in [-0.3, -0.25) is 4.79 Å². The molecule has 2 rings (SSSR count). The van der Waals surface area contributed by atoms with Crippen LogP contribution in [0.3, 0.4) is 0 Å². The molecule has 1 atom stereocenters. The molecule has 182 valence electrons. The molecule has 0 radical (unpaired) electrons. The largest absolute Gasteiger partial charge is 0.534 e. The third-order valence-electron chi connectivity index (χ3n) is 4.96. The minimum atomic E-state index is -6.04. The van der Waals surface area contributed by atoms with E-state index in [-0.39, 0.29) is 23.1 Å². The summed E-state index contributed by atoms with van der Waals surface area (Å²) in [6, 6.07) is 6.92. The van der Waals surface area contributed by atoms with Gasteiger partial charge in [0.2, 0.25) is 0 Å². The highest BCUT2D eigenvalue weighted by Gasteiger charge is 2.49. The summed E-state index contributed by atoms with van der Waals surface area (Å²) in [6.45, 7) is 3.20. The summed E-state index contributed by atoms with van der Waals surface area (Å²) in [5, 5.41) is 0. The predicted molar refractivity (Wildman–Crippen MR) is 107 cm³/mol. The fourth-order valence-corrected chi connectivity index (χ4v) is 3.69. The van der Waals surface area contributed by atoms with Crippen LogP contribution in [0.5, 0.6) is 5.75 Å². The molecule has 0 aromatic heterocycles. The van der Waals surface area contributed by atoms with E-state index in [0.29, 0.717) is 6.42 Å². The van der Waals surface area contributed by atoms with Crippen LogP contribution in [-0.4, -0.2) is 27.0 Å². The minimum Gasteiger partial charge on any atom is -0.468 e. The molecule has 1 unspecified atom stereocenters. The van der Waals surface area contributed by atoms with E-state index in [1.54, 1.807) is 6.92 Å². The molecule has 2 aromatic rings. The third kappa shape index (κ3) is 5.79. The van der Waals surface area contributed by atoms with Gasteiger partial charge < -0.3 is 8.92 Å². The molecule has 0 aliphatic rings. The first-order chi connectivity index (χ1) is 15.0. The van der Waals surface area contributed by atoms with E-state index < -0.39 is 44.5 Å². The van der Waals surface area contributed by atoms with Gasteiger partial charge in [0.05, 0.1) is 18.1 Å². The first-order valence-electron chi connectivity index (χ1n) is 9.47. The molecule has 0 fully saturated rings. The van der Waals surface area contributed by atoms with Crippen molar-refractivity contribution < 1.29 is 48.5 Å². The van der Waals surface area contributed by atoms with E-state index in [1.807, 2.05) is 0 Å². The van der Waals surface area contributed by atoms with Gasteiger partial charge in [0, 0.05) is 0 Å². The average molecular weight is 498 g/mol. The Hall–Kier alpha value is -2.76. The number of carbonyl (C=O) groups excluding carboxylic acids is 1. The Balaban J connectivity index is 2.72. The highest BCUT2D eigenvalue weighted by atomic mass is 32.2. The van der Waals surface area contributed by atoms with E-state index in [2.05, 4.69) is 4.18 Å². The van der Waals surface area contributed by atoms with Crippen LogP contribution in [0.15, 0.2) is 42.5 Å². The molecule has 5 nitrogen and oxygen atoms in total. The zero-order valence-electron chi connectivity index (χ0n) is 17.7. The number of ether oxygens (including phenoxy) is 1. The Morgan fingerprint density at radius 2 is 1.48 bits per heavy atom. The highest BCUT2D eigenvalue weighted by molar-refractivity contribution is 7.88. The smallest absolute Gasteiger partial charge is 0.468 e. The molecule has 0 aliphatic carbocycles. The SMILES string of the molecule is CCCC(C)(C(=O)OC)c1cc(OS(=O)(=O)C(F)(F)F)cc(-c2ccc(C(F)(F)F)cc2)c1. The lowest BCUT2D eigenvalue weighted by atomic mass is 9.77. The number of rotatable bonds is 7. The molecule has 0 saturated carbocycles. The van der Waals surface area contributed by atoms with Gasteiger partial charge in [0.15, 0.2) is 0 Å². The summed E-state index contributed by atoms with van der Waals surface area (Å²) in [5.41, 5.74) is -7.83. The Kier molecular flexibility index (Phi) is 7.42. The van der Waals surface area contributed by atoms with Crippen LogP contribution in [0.4, 0.5) is 26.3 Å². The van der Waals surface area contributed by atoms with Gasteiger partial charge in [-0.05, 0) is 60.4 Å².